The number of oxime groups is 1. The summed E-state index contributed by atoms with van der Waals surface area (Å²) in [6.45, 7) is 6.71. The van der Waals surface area contributed by atoms with E-state index in [1.807, 2.05) is 55.5 Å². The van der Waals surface area contributed by atoms with Crippen LogP contribution in [0.15, 0.2) is 53.7 Å². The Hall–Kier alpha value is -2.95. The van der Waals surface area contributed by atoms with Crippen molar-refractivity contribution in [1.82, 2.24) is 0 Å². The quantitative estimate of drug-likeness (QED) is 0.282. The number of ether oxygens (including phenoxy) is 3. The maximum atomic E-state index is 6.53. The molecule has 0 heterocycles. The topological polar surface area (TPSA) is 49.3 Å². The smallest absolute Gasteiger partial charge is 0.135 e. The maximum Gasteiger partial charge on any atom is 0.135 e. The van der Waals surface area contributed by atoms with E-state index in [2.05, 4.69) is 19.0 Å². The molecule has 5 heteroatoms. The van der Waals surface area contributed by atoms with Gasteiger partial charge in [0, 0.05) is 0 Å². The molecule has 0 amide bonds. The Kier molecular flexibility index (Phi) is 8.39. The number of aryl methyl sites for hydroxylation is 2. The van der Waals surface area contributed by atoms with E-state index in [0.29, 0.717) is 6.61 Å². The summed E-state index contributed by atoms with van der Waals surface area (Å²) < 4.78 is 18.7. The van der Waals surface area contributed by atoms with Gasteiger partial charge >= 0.3 is 0 Å². The van der Waals surface area contributed by atoms with Crippen molar-refractivity contribution in [2.75, 3.05) is 13.7 Å². The monoisotopic (exact) mass is 423 g/mol. The summed E-state index contributed by atoms with van der Waals surface area (Å²) in [7, 11) is 1.53. The molecular formula is C26H33NO4. The lowest BCUT2D eigenvalue weighted by Crippen LogP contribution is -2.39. The molecular weight excluding hydrogens is 390 g/mol. The van der Waals surface area contributed by atoms with Crippen molar-refractivity contribution in [3.05, 3.63) is 65.2 Å². The normalized spacial score (nSPS) is 19.0. The number of hydrogen-bond donors (Lipinski definition) is 0. The second kappa shape index (κ2) is 11.4. The van der Waals surface area contributed by atoms with Gasteiger partial charge in [-0.3, -0.25) is 0 Å². The van der Waals surface area contributed by atoms with Crippen molar-refractivity contribution in [2.45, 2.75) is 58.7 Å². The van der Waals surface area contributed by atoms with Crippen LogP contribution in [0.2, 0.25) is 0 Å². The minimum Gasteiger partial charge on any atom is -0.490 e. The first-order valence-electron chi connectivity index (χ1n) is 11.0. The van der Waals surface area contributed by atoms with Gasteiger partial charge in [-0.25, -0.2) is 0 Å². The summed E-state index contributed by atoms with van der Waals surface area (Å²) in [6.07, 6.45) is 9.98. The summed E-state index contributed by atoms with van der Waals surface area (Å²) >= 11 is 0. The predicted molar refractivity (Wildman–Crippen MR) is 125 cm³/mol. The molecule has 166 valence electrons. The zero-order chi connectivity index (χ0) is 22.1. The summed E-state index contributed by atoms with van der Waals surface area (Å²) in [5.41, 5.74) is 3.14. The van der Waals surface area contributed by atoms with Crippen molar-refractivity contribution in [1.29, 1.82) is 0 Å². The van der Waals surface area contributed by atoms with Crippen LogP contribution in [-0.4, -0.2) is 32.1 Å². The molecule has 0 radical (unpaired) electrons. The zero-order valence-corrected chi connectivity index (χ0v) is 19.0. The largest absolute Gasteiger partial charge is 0.490 e. The van der Waals surface area contributed by atoms with E-state index in [-0.39, 0.29) is 12.2 Å². The lowest BCUT2D eigenvalue weighted by molar-refractivity contribution is 0.0224. The Morgan fingerprint density at radius 2 is 1.58 bits per heavy atom. The Morgan fingerprint density at radius 1 is 0.935 bits per heavy atom. The Balaban J connectivity index is 1.68. The Morgan fingerprint density at radius 3 is 2.19 bits per heavy atom. The second-order valence-corrected chi connectivity index (χ2v) is 7.85. The highest BCUT2D eigenvalue weighted by Crippen LogP contribution is 2.33. The van der Waals surface area contributed by atoms with E-state index >= 15 is 0 Å². The third-order valence-electron chi connectivity index (χ3n) is 5.40. The molecule has 2 unspecified atom stereocenters. The molecule has 1 aliphatic carbocycles. The number of rotatable bonds is 9. The van der Waals surface area contributed by atoms with E-state index < -0.39 is 0 Å². The summed E-state index contributed by atoms with van der Waals surface area (Å²) in [5.74, 6) is 2.65. The van der Waals surface area contributed by atoms with E-state index in [4.69, 9.17) is 19.0 Å². The van der Waals surface area contributed by atoms with Crippen LogP contribution in [-0.2, 0) is 4.84 Å². The average Bonchev–Trinajstić information content (AvgIpc) is 2.77. The number of benzene rings is 2. The minimum atomic E-state index is 0.0238. The van der Waals surface area contributed by atoms with Crippen LogP contribution < -0.4 is 14.2 Å². The highest BCUT2D eigenvalue weighted by atomic mass is 16.6. The van der Waals surface area contributed by atoms with Gasteiger partial charge in [-0.15, -0.1) is 0 Å². The molecule has 2 aromatic carbocycles. The van der Waals surface area contributed by atoms with Crippen molar-refractivity contribution < 1.29 is 19.0 Å². The van der Waals surface area contributed by atoms with Gasteiger partial charge in [0.2, 0.25) is 0 Å². The maximum absolute atomic E-state index is 6.53. The molecule has 0 aliphatic heterocycles. The molecule has 1 fully saturated rings. The van der Waals surface area contributed by atoms with Gasteiger partial charge < -0.3 is 19.0 Å². The fourth-order valence-electron chi connectivity index (χ4n) is 3.82. The number of nitrogens with zero attached hydrogens (tertiary/aromatic N) is 1. The van der Waals surface area contributed by atoms with Crippen LogP contribution in [0.4, 0.5) is 0 Å². The van der Waals surface area contributed by atoms with Gasteiger partial charge in [-0.1, -0.05) is 17.3 Å². The van der Waals surface area contributed by atoms with Crippen LogP contribution >= 0.6 is 0 Å². The van der Waals surface area contributed by atoms with E-state index in [0.717, 1.165) is 59.6 Å². The number of hydrogen-bond acceptors (Lipinski definition) is 5. The van der Waals surface area contributed by atoms with Crippen LogP contribution in [0.3, 0.4) is 0 Å². The zero-order valence-electron chi connectivity index (χ0n) is 19.0. The van der Waals surface area contributed by atoms with E-state index in [1.54, 1.807) is 6.21 Å². The molecule has 0 aromatic heterocycles. The van der Waals surface area contributed by atoms with Gasteiger partial charge in [0.05, 0.1) is 6.21 Å². The third-order valence-corrected chi connectivity index (χ3v) is 5.40. The molecule has 0 spiro atoms. The number of allylic oxidation sites excluding steroid dienone is 1. The highest BCUT2D eigenvalue weighted by molar-refractivity contribution is 5.79. The minimum absolute atomic E-state index is 0.0238. The van der Waals surface area contributed by atoms with Gasteiger partial charge in [0.1, 0.15) is 43.2 Å². The molecule has 31 heavy (non-hydrogen) atoms. The molecule has 2 aromatic rings. The van der Waals surface area contributed by atoms with Crippen LogP contribution in [0.25, 0.3) is 0 Å². The van der Waals surface area contributed by atoms with Gasteiger partial charge in [0.25, 0.3) is 0 Å². The highest BCUT2D eigenvalue weighted by Gasteiger charge is 2.29. The lowest BCUT2D eigenvalue weighted by atomic mass is 9.94. The molecule has 1 aliphatic rings. The fraction of sp³-hybridized carbons (Fsp3) is 0.423. The first-order valence-corrected chi connectivity index (χ1v) is 11.0. The first kappa shape index (κ1) is 22.7. The van der Waals surface area contributed by atoms with E-state index in [9.17, 15) is 0 Å². The molecule has 0 bridgehead atoms. The summed E-state index contributed by atoms with van der Waals surface area (Å²) in [5, 5.41) is 3.79. The third kappa shape index (κ3) is 6.51. The van der Waals surface area contributed by atoms with Crippen molar-refractivity contribution >= 4 is 6.21 Å². The van der Waals surface area contributed by atoms with Crippen LogP contribution in [0.5, 0.6) is 17.2 Å². The molecule has 3 rings (SSSR count). The molecule has 5 nitrogen and oxygen atoms in total. The molecule has 0 saturated heterocycles. The Bertz CT molecular complexity index is 866. The van der Waals surface area contributed by atoms with Gasteiger partial charge in [-0.05, 0) is 99.5 Å². The average molecular weight is 424 g/mol. The standard InChI is InChI=1S/C26H33NO4/c1-5-6-15-29-23-16-19(2)26(20(3)17-23)31-25-10-8-7-9-24(25)30-22-13-11-21(12-14-22)18-27-28-4/h5-6,11-14,16-18,24-25H,7-10,15H2,1-4H3/b6-5+,27-18?. The SMILES string of the molecule is C/C=C/COc1cc(C)c(OC2CCCCC2Oc2ccc(C=NOC)cc2)c(C)c1. The van der Waals surface area contributed by atoms with Crippen molar-refractivity contribution in [2.24, 2.45) is 5.16 Å². The predicted octanol–water partition coefficient (Wildman–Crippen LogP) is 6.01. The molecule has 2 atom stereocenters. The van der Waals surface area contributed by atoms with Crippen molar-refractivity contribution in [3.8, 4) is 17.2 Å². The molecule has 1 saturated carbocycles. The van der Waals surface area contributed by atoms with Gasteiger partial charge in [0.15, 0.2) is 0 Å². The molecule has 0 N–H and O–H groups in total. The van der Waals surface area contributed by atoms with Crippen LogP contribution in [0.1, 0.15) is 49.3 Å². The van der Waals surface area contributed by atoms with Gasteiger partial charge in [-0.2, -0.15) is 0 Å². The fourth-order valence-corrected chi connectivity index (χ4v) is 3.82. The van der Waals surface area contributed by atoms with Crippen molar-refractivity contribution in [3.63, 3.8) is 0 Å². The van der Waals surface area contributed by atoms with E-state index in [1.165, 1.54) is 7.11 Å². The summed E-state index contributed by atoms with van der Waals surface area (Å²) in [6, 6.07) is 12.0. The van der Waals surface area contributed by atoms with Crippen LogP contribution in [0, 0.1) is 13.8 Å². The Labute approximate surface area is 185 Å². The summed E-state index contributed by atoms with van der Waals surface area (Å²) in [4.78, 5) is 4.73. The first-order chi connectivity index (χ1) is 15.1. The lowest BCUT2D eigenvalue weighted by Gasteiger charge is -2.33. The second-order valence-electron chi connectivity index (χ2n) is 7.85.